The molecule has 2 aromatic rings. The minimum absolute atomic E-state index is 0.00943. The largest absolute Gasteiger partial charge is 0.372 e. The van der Waals surface area contributed by atoms with Crippen molar-refractivity contribution < 1.29 is 4.74 Å². The van der Waals surface area contributed by atoms with E-state index in [1.54, 1.807) is 12.7 Å². The summed E-state index contributed by atoms with van der Waals surface area (Å²) < 4.78 is 7.59. The van der Waals surface area contributed by atoms with Crippen LogP contribution in [0.4, 0.5) is 0 Å². The highest BCUT2D eigenvalue weighted by molar-refractivity contribution is 5.47. The van der Waals surface area contributed by atoms with E-state index in [4.69, 9.17) is 10.5 Å². The standard InChI is InChI=1S/C12H14N4O/c13-6-12-10-2-1-3-11(9(10)4-5-17-12)16-7-14-15-8-16/h1-3,7-8,12H,4-6,13H2/t12-/m1/s1. The molecule has 1 aliphatic heterocycles. The van der Waals surface area contributed by atoms with E-state index in [1.807, 2.05) is 10.6 Å². The van der Waals surface area contributed by atoms with Crippen LogP contribution < -0.4 is 5.73 Å². The molecule has 2 N–H and O–H groups in total. The van der Waals surface area contributed by atoms with Crippen molar-refractivity contribution in [3.8, 4) is 5.69 Å². The maximum absolute atomic E-state index is 5.73. The Balaban J connectivity index is 2.12. The summed E-state index contributed by atoms with van der Waals surface area (Å²) in [5, 5.41) is 7.69. The molecule has 0 aliphatic carbocycles. The predicted molar refractivity (Wildman–Crippen MR) is 62.8 cm³/mol. The van der Waals surface area contributed by atoms with Crippen molar-refractivity contribution >= 4 is 0 Å². The van der Waals surface area contributed by atoms with Crippen LogP contribution in [0.1, 0.15) is 17.2 Å². The Labute approximate surface area is 99.2 Å². The molecule has 1 aromatic carbocycles. The van der Waals surface area contributed by atoms with Crippen LogP contribution in [0.5, 0.6) is 0 Å². The van der Waals surface area contributed by atoms with Crippen LogP contribution in [0.2, 0.25) is 0 Å². The Morgan fingerprint density at radius 1 is 1.35 bits per heavy atom. The molecule has 0 amide bonds. The van der Waals surface area contributed by atoms with Crippen LogP contribution in [0.3, 0.4) is 0 Å². The number of aromatic nitrogens is 3. The second-order valence-corrected chi connectivity index (χ2v) is 4.06. The van der Waals surface area contributed by atoms with E-state index in [-0.39, 0.29) is 6.10 Å². The van der Waals surface area contributed by atoms with Crippen molar-refractivity contribution in [1.82, 2.24) is 14.8 Å². The average Bonchev–Trinajstić information content (AvgIpc) is 2.91. The number of hydrogen-bond donors (Lipinski definition) is 1. The van der Waals surface area contributed by atoms with Gasteiger partial charge in [-0.1, -0.05) is 12.1 Å². The van der Waals surface area contributed by atoms with E-state index >= 15 is 0 Å². The lowest BCUT2D eigenvalue weighted by Gasteiger charge is -2.26. The lowest BCUT2D eigenvalue weighted by molar-refractivity contribution is 0.0485. The molecular formula is C12H14N4O. The fourth-order valence-corrected chi connectivity index (χ4v) is 2.32. The first kappa shape index (κ1) is 10.4. The molecule has 0 saturated heterocycles. The molecule has 1 atom stereocenters. The quantitative estimate of drug-likeness (QED) is 0.830. The molecule has 0 unspecified atom stereocenters. The summed E-state index contributed by atoms with van der Waals surface area (Å²) >= 11 is 0. The Bertz CT molecular complexity index is 509. The fourth-order valence-electron chi connectivity index (χ4n) is 2.32. The smallest absolute Gasteiger partial charge is 0.123 e. The van der Waals surface area contributed by atoms with E-state index in [2.05, 4.69) is 22.3 Å². The molecule has 17 heavy (non-hydrogen) atoms. The minimum Gasteiger partial charge on any atom is -0.372 e. The maximum atomic E-state index is 5.73. The molecule has 0 fully saturated rings. The van der Waals surface area contributed by atoms with Crippen molar-refractivity contribution in [3.63, 3.8) is 0 Å². The van der Waals surface area contributed by atoms with Gasteiger partial charge in [-0.25, -0.2) is 0 Å². The fraction of sp³-hybridized carbons (Fsp3) is 0.333. The van der Waals surface area contributed by atoms with Crippen LogP contribution >= 0.6 is 0 Å². The van der Waals surface area contributed by atoms with Crippen molar-refractivity contribution in [2.45, 2.75) is 12.5 Å². The first-order chi connectivity index (χ1) is 8.40. The zero-order valence-electron chi connectivity index (χ0n) is 9.41. The normalized spacial score (nSPS) is 19.0. The highest BCUT2D eigenvalue weighted by Crippen LogP contribution is 2.30. The molecular weight excluding hydrogens is 216 g/mol. The van der Waals surface area contributed by atoms with E-state index in [9.17, 15) is 0 Å². The van der Waals surface area contributed by atoms with Crippen molar-refractivity contribution in [3.05, 3.63) is 42.0 Å². The Morgan fingerprint density at radius 3 is 2.94 bits per heavy atom. The van der Waals surface area contributed by atoms with Gasteiger partial charge in [0.05, 0.1) is 18.4 Å². The van der Waals surface area contributed by atoms with E-state index in [1.165, 1.54) is 11.1 Å². The minimum atomic E-state index is 0.00943. The van der Waals surface area contributed by atoms with Crippen LogP contribution in [-0.4, -0.2) is 27.9 Å². The average molecular weight is 230 g/mol. The summed E-state index contributed by atoms with van der Waals surface area (Å²) in [7, 11) is 0. The lowest BCUT2D eigenvalue weighted by atomic mass is 9.95. The van der Waals surface area contributed by atoms with E-state index in [0.29, 0.717) is 13.2 Å². The van der Waals surface area contributed by atoms with Crippen molar-refractivity contribution in [2.24, 2.45) is 5.73 Å². The van der Waals surface area contributed by atoms with Gasteiger partial charge < -0.3 is 10.5 Å². The van der Waals surface area contributed by atoms with Gasteiger partial charge in [-0.2, -0.15) is 0 Å². The maximum Gasteiger partial charge on any atom is 0.123 e. The molecule has 3 rings (SSSR count). The molecule has 1 aliphatic rings. The topological polar surface area (TPSA) is 66.0 Å². The summed E-state index contributed by atoms with van der Waals surface area (Å²) in [6.07, 6.45) is 4.33. The van der Waals surface area contributed by atoms with Crippen LogP contribution in [0, 0.1) is 0 Å². The Kier molecular flexibility index (Phi) is 2.62. The number of ether oxygens (including phenoxy) is 1. The monoisotopic (exact) mass is 230 g/mol. The van der Waals surface area contributed by atoms with Crippen LogP contribution in [0.25, 0.3) is 5.69 Å². The van der Waals surface area contributed by atoms with Gasteiger partial charge in [0.2, 0.25) is 0 Å². The summed E-state index contributed by atoms with van der Waals surface area (Å²) in [6.45, 7) is 1.23. The number of rotatable bonds is 2. The number of hydrogen-bond acceptors (Lipinski definition) is 4. The number of nitrogens with zero attached hydrogens (tertiary/aromatic N) is 3. The molecule has 0 spiro atoms. The Hall–Kier alpha value is -1.72. The van der Waals surface area contributed by atoms with Gasteiger partial charge in [-0.3, -0.25) is 4.57 Å². The van der Waals surface area contributed by atoms with Gasteiger partial charge in [0.1, 0.15) is 12.7 Å². The molecule has 0 bridgehead atoms. The molecule has 0 radical (unpaired) electrons. The van der Waals surface area contributed by atoms with E-state index in [0.717, 1.165) is 12.1 Å². The Morgan fingerprint density at radius 2 is 2.18 bits per heavy atom. The van der Waals surface area contributed by atoms with E-state index < -0.39 is 0 Å². The lowest BCUT2D eigenvalue weighted by Crippen LogP contribution is -2.24. The first-order valence-electron chi connectivity index (χ1n) is 5.68. The molecule has 5 heteroatoms. The van der Waals surface area contributed by atoms with Crippen LogP contribution in [0.15, 0.2) is 30.9 Å². The second kappa shape index (κ2) is 4.27. The third-order valence-corrected chi connectivity index (χ3v) is 3.12. The number of benzene rings is 1. The number of nitrogens with two attached hydrogens (primary N) is 1. The van der Waals surface area contributed by atoms with Crippen molar-refractivity contribution in [2.75, 3.05) is 13.2 Å². The molecule has 1 aromatic heterocycles. The highest BCUT2D eigenvalue weighted by atomic mass is 16.5. The zero-order chi connectivity index (χ0) is 11.7. The third kappa shape index (κ3) is 1.73. The van der Waals surface area contributed by atoms with Gasteiger partial charge >= 0.3 is 0 Å². The predicted octanol–water partition coefficient (Wildman–Crippen LogP) is 0.840. The van der Waals surface area contributed by atoms with Gasteiger partial charge in [0, 0.05) is 6.54 Å². The summed E-state index contributed by atoms with van der Waals surface area (Å²) in [5.74, 6) is 0. The van der Waals surface area contributed by atoms with Crippen LogP contribution in [-0.2, 0) is 11.2 Å². The first-order valence-corrected chi connectivity index (χ1v) is 5.68. The highest BCUT2D eigenvalue weighted by Gasteiger charge is 2.22. The van der Waals surface area contributed by atoms with Gasteiger partial charge in [-0.15, -0.1) is 10.2 Å². The molecule has 0 saturated carbocycles. The molecule has 2 heterocycles. The van der Waals surface area contributed by atoms with Gasteiger partial charge in [0.15, 0.2) is 0 Å². The summed E-state index contributed by atoms with van der Waals surface area (Å²) in [4.78, 5) is 0. The zero-order valence-corrected chi connectivity index (χ0v) is 9.41. The summed E-state index contributed by atoms with van der Waals surface area (Å²) in [5.41, 5.74) is 9.32. The molecule has 88 valence electrons. The van der Waals surface area contributed by atoms with Crippen molar-refractivity contribution in [1.29, 1.82) is 0 Å². The van der Waals surface area contributed by atoms with Gasteiger partial charge in [0.25, 0.3) is 0 Å². The second-order valence-electron chi connectivity index (χ2n) is 4.06. The third-order valence-electron chi connectivity index (χ3n) is 3.12. The van der Waals surface area contributed by atoms with Gasteiger partial charge in [-0.05, 0) is 23.6 Å². The SMILES string of the molecule is NC[C@H]1OCCc2c1cccc2-n1cnnc1. The summed E-state index contributed by atoms with van der Waals surface area (Å²) in [6, 6.07) is 6.17. The number of fused-ring (bicyclic) bond motifs is 1. The molecule has 5 nitrogen and oxygen atoms in total.